The Kier molecular flexibility index (Phi) is 7.26. The molecule has 1 aromatic heterocycles. The third kappa shape index (κ3) is 5.77. The summed E-state index contributed by atoms with van der Waals surface area (Å²) in [6, 6.07) is 3.76. The molecular formula is C20H31N3O3S. The number of ether oxygens (including phenoxy) is 1. The van der Waals surface area contributed by atoms with E-state index in [-0.39, 0.29) is 23.8 Å². The molecule has 2 amide bonds. The van der Waals surface area contributed by atoms with Crippen LogP contribution < -0.4 is 5.32 Å². The molecule has 1 aromatic rings. The first kappa shape index (κ1) is 20.3. The van der Waals surface area contributed by atoms with Crippen LogP contribution in [0.1, 0.15) is 36.4 Å². The molecular weight excluding hydrogens is 362 g/mol. The number of likely N-dealkylation sites (tertiary alicyclic amines) is 1. The van der Waals surface area contributed by atoms with Crippen molar-refractivity contribution in [2.24, 2.45) is 11.8 Å². The highest BCUT2D eigenvalue weighted by Crippen LogP contribution is 2.21. The van der Waals surface area contributed by atoms with E-state index in [4.69, 9.17) is 4.74 Å². The normalized spacial score (nSPS) is 22.2. The largest absolute Gasteiger partial charge is 0.374 e. The standard InChI is InChI=1S/C20H31N3O3S/c1-15(2)13-22-9-10-26-17(14-22)12-21-19(24)16-5-7-23(8-6-16)20(25)18-4-3-11-27-18/h3-4,11,15-17H,5-10,12-14H2,1-2H3,(H,21,24). The second-order valence-corrected chi connectivity index (χ2v) is 8.88. The number of hydrogen-bond acceptors (Lipinski definition) is 5. The second kappa shape index (κ2) is 9.66. The Bertz CT molecular complexity index is 612. The molecule has 7 heteroatoms. The van der Waals surface area contributed by atoms with Gasteiger partial charge in [-0.15, -0.1) is 11.3 Å². The first-order valence-electron chi connectivity index (χ1n) is 9.97. The molecule has 27 heavy (non-hydrogen) atoms. The summed E-state index contributed by atoms with van der Waals surface area (Å²) >= 11 is 1.47. The molecule has 0 bridgehead atoms. The van der Waals surface area contributed by atoms with E-state index in [9.17, 15) is 9.59 Å². The second-order valence-electron chi connectivity index (χ2n) is 7.94. The summed E-state index contributed by atoms with van der Waals surface area (Å²) < 4.78 is 5.81. The van der Waals surface area contributed by atoms with Gasteiger partial charge in [-0.2, -0.15) is 0 Å². The molecule has 2 saturated heterocycles. The number of piperidine rings is 1. The molecule has 3 rings (SSSR count). The van der Waals surface area contributed by atoms with Crippen LogP contribution in [-0.2, 0) is 9.53 Å². The Labute approximate surface area is 165 Å². The summed E-state index contributed by atoms with van der Waals surface area (Å²) in [7, 11) is 0. The first-order chi connectivity index (χ1) is 13.0. The Balaban J connectivity index is 1.39. The highest BCUT2D eigenvalue weighted by Gasteiger charge is 2.29. The predicted molar refractivity (Wildman–Crippen MR) is 107 cm³/mol. The fourth-order valence-electron chi connectivity index (χ4n) is 3.85. The zero-order valence-corrected chi connectivity index (χ0v) is 17.2. The van der Waals surface area contributed by atoms with Crippen molar-refractivity contribution in [1.29, 1.82) is 0 Å². The molecule has 3 heterocycles. The average molecular weight is 394 g/mol. The molecule has 1 unspecified atom stereocenters. The molecule has 0 radical (unpaired) electrons. The third-order valence-corrected chi connectivity index (χ3v) is 6.09. The predicted octanol–water partition coefficient (Wildman–Crippen LogP) is 2.07. The van der Waals surface area contributed by atoms with Gasteiger partial charge >= 0.3 is 0 Å². The minimum Gasteiger partial charge on any atom is -0.374 e. The minimum atomic E-state index is -0.00672. The summed E-state index contributed by atoms with van der Waals surface area (Å²) in [4.78, 5) is 30.0. The van der Waals surface area contributed by atoms with E-state index in [1.54, 1.807) is 0 Å². The molecule has 1 atom stereocenters. The highest BCUT2D eigenvalue weighted by atomic mass is 32.1. The Morgan fingerprint density at radius 1 is 1.30 bits per heavy atom. The number of morpholine rings is 1. The molecule has 6 nitrogen and oxygen atoms in total. The summed E-state index contributed by atoms with van der Waals surface area (Å²) in [5.74, 6) is 0.820. The van der Waals surface area contributed by atoms with Gasteiger partial charge in [-0.05, 0) is 30.2 Å². The van der Waals surface area contributed by atoms with Gasteiger partial charge in [0.05, 0.1) is 17.6 Å². The van der Waals surface area contributed by atoms with E-state index in [0.29, 0.717) is 25.6 Å². The highest BCUT2D eigenvalue weighted by molar-refractivity contribution is 7.12. The van der Waals surface area contributed by atoms with Crippen molar-refractivity contribution in [3.8, 4) is 0 Å². The topological polar surface area (TPSA) is 61.9 Å². The molecule has 0 spiro atoms. The van der Waals surface area contributed by atoms with Crippen molar-refractivity contribution >= 4 is 23.2 Å². The van der Waals surface area contributed by atoms with Gasteiger partial charge < -0.3 is 15.0 Å². The van der Waals surface area contributed by atoms with Gasteiger partial charge in [0.2, 0.25) is 5.91 Å². The van der Waals surface area contributed by atoms with E-state index in [1.165, 1.54) is 11.3 Å². The van der Waals surface area contributed by atoms with Gasteiger partial charge in [0.25, 0.3) is 5.91 Å². The van der Waals surface area contributed by atoms with Crippen molar-refractivity contribution in [2.75, 3.05) is 45.9 Å². The van der Waals surface area contributed by atoms with Gasteiger partial charge in [-0.25, -0.2) is 0 Å². The van der Waals surface area contributed by atoms with Crippen LogP contribution in [-0.4, -0.2) is 73.6 Å². The van der Waals surface area contributed by atoms with Gasteiger partial charge in [0.1, 0.15) is 0 Å². The SMILES string of the molecule is CC(C)CN1CCOC(CNC(=O)C2CCN(C(=O)c3cccs3)CC2)C1. The molecule has 150 valence electrons. The molecule has 0 saturated carbocycles. The van der Waals surface area contributed by atoms with Crippen LogP contribution in [0, 0.1) is 11.8 Å². The van der Waals surface area contributed by atoms with E-state index < -0.39 is 0 Å². The molecule has 2 aliphatic heterocycles. The van der Waals surface area contributed by atoms with Crippen molar-refractivity contribution in [2.45, 2.75) is 32.8 Å². The van der Waals surface area contributed by atoms with Crippen molar-refractivity contribution < 1.29 is 14.3 Å². The molecule has 0 aromatic carbocycles. The lowest BCUT2D eigenvalue weighted by molar-refractivity contribution is -0.127. The fraction of sp³-hybridized carbons (Fsp3) is 0.700. The first-order valence-corrected chi connectivity index (χ1v) is 10.9. The number of amides is 2. The average Bonchev–Trinajstić information content (AvgIpc) is 3.20. The number of thiophene rings is 1. The van der Waals surface area contributed by atoms with Crippen LogP contribution in [0.15, 0.2) is 17.5 Å². The lowest BCUT2D eigenvalue weighted by atomic mass is 9.95. The molecule has 0 aliphatic carbocycles. The van der Waals surface area contributed by atoms with Crippen molar-refractivity contribution in [1.82, 2.24) is 15.1 Å². The van der Waals surface area contributed by atoms with Crippen LogP contribution in [0.4, 0.5) is 0 Å². The number of hydrogen-bond donors (Lipinski definition) is 1. The van der Waals surface area contributed by atoms with Gasteiger partial charge in [0, 0.05) is 45.2 Å². The molecule has 1 N–H and O–H groups in total. The number of carbonyl (C=O) groups is 2. The summed E-state index contributed by atoms with van der Waals surface area (Å²) in [6.07, 6.45) is 1.53. The zero-order valence-electron chi connectivity index (χ0n) is 16.4. The van der Waals surface area contributed by atoms with E-state index in [1.807, 2.05) is 22.4 Å². The number of nitrogens with one attached hydrogen (secondary N) is 1. The number of rotatable bonds is 6. The van der Waals surface area contributed by atoms with Crippen molar-refractivity contribution in [3.05, 3.63) is 22.4 Å². The van der Waals surface area contributed by atoms with Crippen LogP contribution in [0.2, 0.25) is 0 Å². The van der Waals surface area contributed by atoms with E-state index >= 15 is 0 Å². The van der Waals surface area contributed by atoms with Crippen molar-refractivity contribution in [3.63, 3.8) is 0 Å². The monoisotopic (exact) mass is 393 g/mol. The Hall–Kier alpha value is -1.44. The van der Waals surface area contributed by atoms with Crippen LogP contribution in [0.5, 0.6) is 0 Å². The number of nitrogens with zero attached hydrogens (tertiary/aromatic N) is 2. The molecule has 2 fully saturated rings. The number of carbonyl (C=O) groups excluding carboxylic acids is 2. The minimum absolute atomic E-state index is 0.00672. The van der Waals surface area contributed by atoms with Gasteiger partial charge in [-0.1, -0.05) is 19.9 Å². The van der Waals surface area contributed by atoms with E-state index in [0.717, 1.165) is 44.0 Å². The maximum Gasteiger partial charge on any atom is 0.263 e. The smallest absolute Gasteiger partial charge is 0.263 e. The lowest BCUT2D eigenvalue weighted by Crippen LogP contribution is -2.50. The summed E-state index contributed by atoms with van der Waals surface area (Å²) in [5, 5.41) is 5.00. The van der Waals surface area contributed by atoms with E-state index in [2.05, 4.69) is 24.1 Å². The molecule has 2 aliphatic rings. The lowest BCUT2D eigenvalue weighted by Gasteiger charge is -2.34. The summed E-state index contributed by atoms with van der Waals surface area (Å²) in [5.41, 5.74) is 0. The van der Waals surface area contributed by atoms with Crippen LogP contribution >= 0.6 is 11.3 Å². The maximum atomic E-state index is 12.5. The maximum absolute atomic E-state index is 12.5. The fourth-order valence-corrected chi connectivity index (χ4v) is 4.54. The Morgan fingerprint density at radius 3 is 2.74 bits per heavy atom. The Morgan fingerprint density at radius 2 is 2.07 bits per heavy atom. The summed E-state index contributed by atoms with van der Waals surface area (Å²) in [6.45, 7) is 9.98. The third-order valence-electron chi connectivity index (χ3n) is 5.24. The van der Waals surface area contributed by atoms with Gasteiger partial charge in [0.15, 0.2) is 0 Å². The van der Waals surface area contributed by atoms with Crippen LogP contribution in [0.3, 0.4) is 0 Å². The zero-order chi connectivity index (χ0) is 19.2. The van der Waals surface area contributed by atoms with Gasteiger partial charge in [-0.3, -0.25) is 14.5 Å². The quantitative estimate of drug-likeness (QED) is 0.804. The van der Waals surface area contributed by atoms with Crippen LogP contribution in [0.25, 0.3) is 0 Å².